The fraction of sp³-hybridized carbons (Fsp3) is 0.360. The minimum absolute atomic E-state index is 0.0210. The molecule has 176 valence electrons. The minimum atomic E-state index is -0.191. The lowest BCUT2D eigenvalue weighted by Gasteiger charge is -2.31. The van der Waals surface area contributed by atoms with Gasteiger partial charge in [-0.15, -0.1) is 11.3 Å². The molecule has 7 nitrogen and oxygen atoms in total. The molecule has 0 bridgehead atoms. The predicted octanol–water partition coefficient (Wildman–Crippen LogP) is 4.54. The molecule has 2 aliphatic rings. The number of pyridine rings is 1. The number of likely N-dealkylation sites (tertiary alicyclic amines) is 1. The Morgan fingerprint density at radius 3 is 2.79 bits per heavy atom. The van der Waals surface area contributed by atoms with Gasteiger partial charge >= 0.3 is 0 Å². The third-order valence-electron chi connectivity index (χ3n) is 6.39. The molecule has 9 heteroatoms. The fourth-order valence-corrected chi connectivity index (χ4v) is 5.66. The van der Waals surface area contributed by atoms with Gasteiger partial charge in [0, 0.05) is 53.7 Å². The van der Waals surface area contributed by atoms with E-state index in [1.165, 1.54) is 4.57 Å². The van der Waals surface area contributed by atoms with Gasteiger partial charge in [-0.3, -0.25) is 9.59 Å². The number of benzene rings is 1. The van der Waals surface area contributed by atoms with Crippen molar-refractivity contribution in [3.05, 3.63) is 85.2 Å². The molecule has 0 radical (unpaired) electrons. The SMILES string of the molecule is Cc1ccn(CC(=O)N2CCC(c3nc(C4=NOC(c5ccccc5Cl)C4)cs3)CC2)c(=O)c1. The fourth-order valence-electron chi connectivity index (χ4n) is 4.40. The molecule has 0 spiro atoms. The van der Waals surface area contributed by atoms with Crippen LogP contribution in [-0.2, 0) is 16.2 Å². The number of hydrogen-bond donors (Lipinski definition) is 0. The van der Waals surface area contributed by atoms with Gasteiger partial charge in [0.05, 0.1) is 10.7 Å². The van der Waals surface area contributed by atoms with E-state index in [2.05, 4.69) is 5.16 Å². The highest BCUT2D eigenvalue weighted by Crippen LogP contribution is 2.35. The van der Waals surface area contributed by atoms with E-state index in [4.69, 9.17) is 21.4 Å². The van der Waals surface area contributed by atoms with Gasteiger partial charge in [-0.05, 0) is 37.5 Å². The Morgan fingerprint density at radius 1 is 1.24 bits per heavy atom. The molecule has 1 fully saturated rings. The molecular formula is C25H25ClN4O3S. The van der Waals surface area contributed by atoms with Gasteiger partial charge in [0.15, 0.2) is 6.10 Å². The molecular weight excluding hydrogens is 472 g/mol. The largest absolute Gasteiger partial charge is 0.387 e. The van der Waals surface area contributed by atoms with Crippen LogP contribution in [-0.4, -0.2) is 39.2 Å². The van der Waals surface area contributed by atoms with Crippen LogP contribution in [0.1, 0.15) is 53.1 Å². The van der Waals surface area contributed by atoms with E-state index in [1.807, 2.05) is 47.5 Å². The summed E-state index contributed by atoms with van der Waals surface area (Å²) in [5.74, 6) is 0.291. The highest BCUT2D eigenvalue weighted by Gasteiger charge is 2.29. The number of rotatable bonds is 5. The number of aromatic nitrogens is 2. The Bertz CT molecular complexity index is 1290. The zero-order valence-electron chi connectivity index (χ0n) is 18.8. The molecule has 5 rings (SSSR count). The summed E-state index contributed by atoms with van der Waals surface area (Å²) in [6.07, 6.45) is 3.84. The summed E-state index contributed by atoms with van der Waals surface area (Å²) in [6, 6.07) is 11.1. The van der Waals surface area contributed by atoms with E-state index in [9.17, 15) is 9.59 Å². The van der Waals surface area contributed by atoms with Crippen LogP contribution >= 0.6 is 22.9 Å². The molecule has 2 aliphatic heterocycles. The van der Waals surface area contributed by atoms with Crippen LogP contribution in [0.5, 0.6) is 0 Å². The van der Waals surface area contributed by atoms with Gasteiger partial charge in [-0.25, -0.2) is 4.98 Å². The van der Waals surface area contributed by atoms with Crippen LogP contribution in [0.25, 0.3) is 0 Å². The molecule has 4 heterocycles. The van der Waals surface area contributed by atoms with Crippen LogP contribution in [0, 0.1) is 6.92 Å². The van der Waals surface area contributed by atoms with E-state index in [1.54, 1.807) is 23.6 Å². The number of aryl methyl sites for hydroxylation is 1. The molecule has 0 aliphatic carbocycles. The lowest BCUT2D eigenvalue weighted by Crippen LogP contribution is -2.41. The lowest BCUT2D eigenvalue weighted by atomic mass is 9.97. The van der Waals surface area contributed by atoms with Gasteiger partial charge in [-0.2, -0.15) is 0 Å². The van der Waals surface area contributed by atoms with Crippen molar-refractivity contribution in [2.24, 2.45) is 5.16 Å². The number of carbonyl (C=O) groups is 1. The number of halogens is 1. The van der Waals surface area contributed by atoms with Gasteiger partial charge in [0.25, 0.3) is 5.56 Å². The summed E-state index contributed by atoms with van der Waals surface area (Å²) in [5, 5.41) is 8.06. The van der Waals surface area contributed by atoms with Gasteiger partial charge in [0.1, 0.15) is 12.3 Å². The van der Waals surface area contributed by atoms with Gasteiger partial charge in [0.2, 0.25) is 5.91 Å². The lowest BCUT2D eigenvalue weighted by molar-refractivity contribution is -0.132. The number of nitrogens with zero attached hydrogens (tertiary/aromatic N) is 4. The number of thiazole rings is 1. The Labute approximate surface area is 206 Å². The van der Waals surface area contributed by atoms with Crippen molar-refractivity contribution in [1.82, 2.24) is 14.5 Å². The topological polar surface area (TPSA) is 76.8 Å². The van der Waals surface area contributed by atoms with E-state index in [0.717, 1.165) is 40.4 Å². The number of oxime groups is 1. The van der Waals surface area contributed by atoms with Crippen molar-refractivity contribution < 1.29 is 9.63 Å². The van der Waals surface area contributed by atoms with Crippen LogP contribution in [0.4, 0.5) is 0 Å². The quantitative estimate of drug-likeness (QED) is 0.519. The zero-order chi connectivity index (χ0) is 23.7. The first-order valence-corrected chi connectivity index (χ1v) is 12.6. The maximum absolute atomic E-state index is 12.7. The summed E-state index contributed by atoms with van der Waals surface area (Å²) < 4.78 is 1.47. The molecule has 2 aromatic heterocycles. The average Bonchev–Trinajstić information content (AvgIpc) is 3.51. The third kappa shape index (κ3) is 4.79. The molecule has 1 unspecified atom stereocenters. The highest BCUT2D eigenvalue weighted by molar-refractivity contribution is 7.10. The molecule has 0 saturated carbocycles. The third-order valence-corrected chi connectivity index (χ3v) is 7.74. The first kappa shape index (κ1) is 22.8. The number of carbonyl (C=O) groups excluding carboxylic acids is 1. The maximum atomic E-state index is 12.7. The predicted molar refractivity (Wildman–Crippen MR) is 133 cm³/mol. The van der Waals surface area contributed by atoms with Crippen molar-refractivity contribution in [3.63, 3.8) is 0 Å². The number of piperidine rings is 1. The summed E-state index contributed by atoms with van der Waals surface area (Å²) in [4.78, 5) is 37.1. The Morgan fingerprint density at radius 2 is 2.03 bits per heavy atom. The normalized spacial score (nSPS) is 18.6. The van der Waals surface area contributed by atoms with E-state index >= 15 is 0 Å². The van der Waals surface area contributed by atoms with E-state index in [0.29, 0.717) is 30.5 Å². The molecule has 1 saturated heterocycles. The van der Waals surface area contributed by atoms with Crippen molar-refractivity contribution in [3.8, 4) is 0 Å². The zero-order valence-corrected chi connectivity index (χ0v) is 20.4. The van der Waals surface area contributed by atoms with E-state index in [-0.39, 0.29) is 24.1 Å². The summed E-state index contributed by atoms with van der Waals surface area (Å²) in [6.45, 7) is 3.28. The second-order valence-electron chi connectivity index (χ2n) is 8.75. The Hall–Kier alpha value is -2.97. The number of amides is 1. The monoisotopic (exact) mass is 496 g/mol. The first-order valence-electron chi connectivity index (χ1n) is 11.4. The Balaban J connectivity index is 1.17. The van der Waals surface area contributed by atoms with Crippen molar-refractivity contribution in [2.75, 3.05) is 13.1 Å². The van der Waals surface area contributed by atoms with Gasteiger partial charge in [-0.1, -0.05) is 35.0 Å². The summed E-state index contributed by atoms with van der Waals surface area (Å²) in [7, 11) is 0. The molecule has 0 N–H and O–H groups in total. The highest BCUT2D eigenvalue weighted by atomic mass is 35.5. The van der Waals surface area contributed by atoms with Gasteiger partial charge < -0.3 is 14.3 Å². The van der Waals surface area contributed by atoms with Crippen molar-refractivity contribution in [2.45, 2.75) is 44.8 Å². The van der Waals surface area contributed by atoms with Crippen molar-refractivity contribution >= 4 is 34.6 Å². The molecule has 3 aromatic rings. The van der Waals surface area contributed by atoms with Crippen LogP contribution < -0.4 is 5.56 Å². The Kier molecular flexibility index (Phi) is 6.52. The van der Waals surface area contributed by atoms with E-state index < -0.39 is 0 Å². The summed E-state index contributed by atoms with van der Waals surface area (Å²) in [5.41, 5.74) is 3.37. The maximum Gasteiger partial charge on any atom is 0.251 e. The molecule has 34 heavy (non-hydrogen) atoms. The standard InChI is InChI=1S/C25H25ClN4O3S/c1-16-6-9-30(23(31)12-16)14-24(32)29-10-7-17(8-11-29)25-27-21(15-34-25)20-13-22(33-28-20)18-4-2-3-5-19(18)26/h2-6,9,12,15,17,22H,7-8,10-11,13-14H2,1H3. The average molecular weight is 497 g/mol. The molecule has 1 aromatic carbocycles. The van der Waals surface area contributed by atoms with Crippen LogP contribution in [0.15, 0.2) is 57.9 Å². The van der Waals surface area contributed by atoms with Crippen molar-refractivity contribution in [1.29, 1.82) is 0 Å². The second-order valence-corrected chi connectivity index (χ2v) is 10.1. The summed E-state index contributed by atoms with van der Waals surface area (Å²) >= 11 is 7.94. The first-order chi connectivity index (χ1) is 16.5. The molecule has 1 amide bonds. The minimum Gasteiger partial charge on any atom is -0.387 e. The van der Waals surface area contributed by atoms with Crippen LogP contribution in [0.2, 0.25) is 5.02 Å². The molecule has 1 atom stereocenters. The number of hydrogen-bond acceptors (Lipinski definition) is 6. The second kappa shape index (κ2) is 9.72. The smallest absolute Gasteiger partial charge is 0.251 e. The van der Waals surface area contributed by atoms with Crippen LogP contribution in [0.3, 0.4) is 0 Å².